The van der Waals surface area contributed by atoms with Crippen LogP contribution < -0.4 is 16.2 Å². The Morgan fingerprint density at radius 1 is 1.38 bits per heavy atom. The minimum Gasteiger partial charge on any atom is -0.373 e. The first-order chi connectivity index (χ1) is 10.1. The van der Waals surface area contributed by atoms with Crippen molar-refractivity contribution in [2.24, 2.45) is 5.73 Å². The van der Waals surface area contributed by atoms with Gasteiger partial charge in [-0.15, -0.1) is 0 Å². The summed E-state index contributed by atoms with van der Waals surface area (Å²) in [5.74, 6) is -0.372. The van der Waals surface area contributed by atoms with E-state index in [9.17, 15) is 9.18 Å². The zero-order valence-electron chi connectivity index (χ0n) is 12.2. The van der Waals surface area contributed by atoms with Crippen molar-refractivity contribution in [2.45, 2.75) is 20.0 Å². The van der Waals surface area contributed by atoms with Gasteiger partial charge in [0.25, 0.3) is 5.56 Å². The van der Waals surface area contributed by atoms with Crippen LogP contribution in [0, 0.1) is 5.82 Å². The van der Waals surface area contributed by atoms with Crippen molar-refractivity contribution in [3.8, 4) is 0 Å². The summed E-state index contributed by atoms with van der Waals surface area (Å²) in [4.78, 5) is 14.0. The van der Waals surface area contributed by atoms with E-state index in [4.69, 9.17) is 5.73 Å². The van der Waals surface area contributed by atoms with Gasteiger partial charge in [-0.2, -0.15) is 5.10 Å². The number of nitrogens with zero attached hydrogens (tertiary/aromatic N) is 3. The molecule has 6 heteroatoms. The molecule has 0 unspecified atom stereocenters. The van der Waals surface area contributed by atoms with Crippen LogP contribution >= 0.6 is 0 Å². The summed E-state index contributed by atoms with van der Waals surface area (Å²) in [5, 5.41) is 4.10. The standard InChI is InChI=1S/C15H19FN4O/c1-3-19(2)13-7-14(21)20(18-9-13)10-12-6-4-5-11(8-17)15(12)16/h4-7,9H,3,8,10,17H2,1-2H3. The molecule has 1 heterocycles. The molecule has 2 rings (SSSR count). The molecule has 5 nitrogen and oxygen atoms in total. The SMILES string of the molecule is CCN(C)c1cnn(Cc2cccc(CN)c2F)c(=O)c1. The van der Waals surface area contributed by atoms with Crippen LogP contribution in [0.25, 0.3) is 0 Å². The number of rotatable bonds is 5. The van der Waals surface area contributed by atoms with Crippen molar-refractivity contribution in [1.29, 1.82) is 0 Å². The van der Waals surface area contributed by atoms with Crippen molar-refractivity contribution < 1.29 is 4.39 Å². The highest BCUT2D eigenvalue weighted by molar-refractivity contribution is 5.41. The van der Waals surface area contributed by atoms with Crippen LogP contribution in [0.3, 0.4) is 0 Å². The lowest BCUT2D eigenvalue weighted by Gasteiger charge is -2.16. The van der Waals surface area contributed by atoms with Gasteiger partial charge in [0, 0.05) is 37.3 Å². The normalized spacial score (nSPS) is 10.7. The molecule has 0 aliphatic rings. The van der Waals surface area contributed by atoms with Crippen LogP contribution in [0.4, 0.5) is 10.1 Å². The molecule has 112 valence electrons. The molecule has 0 spiro atoms. The molecule has 0 aliphatic carbocycles. The van der Waals surface area contributed by atoms with E-state index in [1.165, 1.54) is 10.7 Å². The van der Waals surface area contributed by atoms with Crippen LogP contribution in [-0.2, 0) is 13.1 Å². The van der Waals surface area contributed by atoms with E-state index in [2.05, 4.69) is 5.10 Å². The molecule has 0 amide bonds. The summed E-state index contributed by atoms with van der Waals surface area (Å²) in [6.45, 7) is 2.98. The molecule has 0 aliphatic heterocycles. The van der Waals surface area contributed by atoms with E-state index in [1.54, 1.807) is 24.4 Å². The number of benzene rings is 1. The second-order valence-corrected chi connectivity index (χ2v) is 4.82. The molecule has 0 radical (unpaired) electrons. The predicted octanol–water partition coefficient (Wildman–Crippen LogP) is 1.35. The Hall–Kier alpha value is -2.21. The summed E-state index contributed by atoms with van der Waals surface area (Å²) in [7, 11) is 1.88. The van der Waals surface area contributed by atoms with Gasteiger partial charge in [-0.3, -0.25) is 4.79 Å². The van der Waals surface area contributed by atoms with Gasteiger partial charge in [-0.1, -0.05) is 18.2 Å². The summed E-state index contributed by atoms with van der Waals surface area (Å²) in [6.07, 6.45) is 1.61. The van der Waals surface area contributed by atoms with E-state index in [0.717, 1.165) is 12.2 Å². The maximum atomic E-state index is 14.1. The van der Waals surface area contributed by atoms with Gasteiger partial charge < -0.3 is 10.6 Å². The molecule has 0 bridgehead atoms. The monoisotopic (exact) mass is 290 g/mol. The molecule has 2 N–H and O–H groups in total. The Labute approximate surface area is 122 Å². The number of hydrogen-bond acceptors (Lipinski definition) is 4. The quantitative estimate of drug-likeness (QED) is 0.902. The van der Waals surface area contributed by atoms with E-state index in [-0.39, 0.29) is 24.5 Å². The Bertz CT molecular complexity index is 684. The maximum Gasteiger partial charge on any atom is 0.269 e. The zero-order valence-corrected chi connectivity index (χ0v) is 12.2. The van der Waals surface area contributed by atoms with Crippen molar-refractivity contribution in [3.63, 3.8) is 0 Å². The molecule has 21 heavy (non-hydrogen) atoms. The molecule has 0 fully saturated rings. The fraction of sp³-hybridized carbons (Fsp3) is 0.333. The van der Waals surface area contributed by atoms with Gasteiger partial charge in [0.05, 0.1) is 18.4 Å². The highest BCUT2D eigenvalue weighted by atomic mass is 19.1. The number of anilines is 1. The van der Waals surface area contributed by atoms with E-state index >= 15 is 0 Å². The van der Waals surface area contributed by atoms with Gasteiger partial charge >= 0.3 is 0 Å². The number of halogens is 1. The van der Waals surface area contributed by atoms with E-state index < -0.39 is 0 Å². The summed E-state index contributed by atoms with van der Waals surface area (Å²) in [5.41, 5.74) is 6.81. The lowest BCUT2D eigenvalue weighted by Crippen LogP contribution is -2.26. The molecule has 1 aromatic heterocycles. The maximum absolute atomic E-state index is 14.1. The Kier molecular flexibility index (Phi) is 4.70. The fourth-order valence-electron chi connectivity index (χ4n) is 2.01. The van der Waals surface area contributed by atoms with Crippen LogP contribution in [0.5, 0.6) is 0 Å². The van der Waals surface area contributed by atoms with Crippen molar-refractivity contribution in [1.82, 2.24) is 9.78 Å². The third kappa shape index (κ3) is 3.28. The highest BCUT2D eigenvalue weighted by Crippen LogP contribution is 2.13. The average Bonchev–Trinajstić information content (AvgIpc) is 2.50. The number of nitrogens with two attached hydrogens (primary N) is 1. The van der Waals surface area contributed by atoms with Gasteiger partial charge in [-0.25, -0.2) is 9.07 Å². The van der Waals surface area contributed by atoms with Gasteiger partial charge in [-0.05, 0) is 6.92 Å². The molecular weight excluding hydrogens is 271 g/mol. The molecular formula is C15H19FN4O. The Morgan fingerprint density at radius 2 is 2.10 bits per heavy atom. The van der Waals surface area contributed by atoms with Gasteiger partial charge in [0.1, 0.15) is 5.82 Å². The summed E-state index contributed by atoms with van der Waals surface area (Å²) in [6, 6.07) is 6.50. The van der Waals surface area contributed by atoms with E-state index in [0.29, 0.717) is 11.1 Å². The van der Waals surface area contributed by atoms with Crippen LogP contribution in [0.15, 0.2) is 35.3 Å². The first-order valence-corrected chi connectivity index (χ1v) is 6.81. The first-order valence-electron chi connectivity index (χ1n) is 6.81. The smallest absolute Gasteiger partial charge is 0.269 e. The largest absolute Gasteiger partial charge is 0.373 e. The van der Waals surface area contributed by atoms with Gasteiger partial charge in [0.15, 0.2) is 0 Å². The molecule has 0 atom stereocenters. The minimum atomic E-state index is -0.372. The second kappa shape index (κ2) is 6.49. The fourth-order valence-corrected chi connectivity index (χ4v) is 2.01. The number of hydrogen-bond donors (Lipinski definition) is 1. The molecule has 1 aromatic carbocycles. The molecule has 0 saturated heterocycles. The Balaban J connectivity index is 2.31. The van der Waals surface area contributed by atoms with Gasteiger partial charge in [0.2, 0.25) is 0 Å². The summed E-state index contributed by atoms with van der Waals surface area (Å²) < 4.78 is 15.4. The Morgan fingerprint density at radius 3 is 2.71 bits per heavy atom. The minimum absolute atomic E-state index is 0.0919. The molecule has 2 aromatic rings. The lowest BCUT2D eigenvalue weighted by atomic mass is 10.1. The van der Waals surface area contributed by atoms with E-state index in [1.807, 2.05) is 18.9 Å². The van der Waals surface area contributed by atoms with Crippen molar-refractivity contribution in [2.75, 3.05) is 18.5 Å². The average molecular weight is 290 g/mol. The highest BCUT2D eigenvalue weighted by Gasteiger charge is 2.09. The predicted molar refractivity (Wildman–Crippen MR) is 80.8 cm³/mol. The lowest BCUT2D eigenvalue weighted by molar-refractivity contribution is 0.561. The molecule has 0 saturated carbocycles. The summed E-state index contributed by atoms with van der Waals surface area (Å²) >= 11 is 0. The number of aromatic nitrogens is 2. The van der Waals surface area contributed by atoms with Crippen molar-refractivity contribution >= 4 is 5.69 Å². The third-order valence-corrected chi connectivity index (χ3v) is 3.47. The topological polar surface area (TPSA) is 64.2 Å². The van der Waals surface area contributed by atoms with Crippen LogP contribution in [0.2, 0.25) is 0 Å². The second-order valence-electron chi connectivity index (χ2n) is 4.82. The zero-order chi connectivity index (χ0) is 15.4. The van der Waals surface area contributed by atoms with Crippen LogP contribution in [0.1, 0.15) is 18.1 Å². The van der Waals surface area contributed by atoms with Crippen molar-refractivity contribution in [3.05, 3.63) is 57.8 Å². The first kappa shape index (κ1) is 15.2. The van der Waals surface area contributed by atoms with Crippen LogP contribution in [-0.4, -0.2) is 23.4 Å². The third-order valence-electron chi connectivity index (χ3n) is 3.47.